The van der Waals surface area contributed by atoms with Crippen molar-refractivity contribution in [3.05, 3.63) is 35.4 Å². The van der Waals surface area contributed by atoms with E-state index in [9.17, 15) is 18.0 Å². The minimum Gasteiger partial charge on any atom is -0.352 e. The number of nitrogens with one attached hydrogen (secondary N) is 2. The Morgan fingerprint density at radius 3 is 2.52 bits per heavy atom. The summed E-state index contributed by atoms with van der Waals surface area (Å²) < 4.78 is 37.8. The molecule has 1 aliphatic heterocycles. The van der Waals surface area contributed by atoms with E-state index in [4.69, 9.17) is 0 Å². The Morgan fingerprint density at radius 1 is 1.16 bits per heavy atom. The number of amides is 1. The zero-order valence-electron chi connectivity index (χ0n) is 17.8. The summed E-state index contributed by atoms with van der Waals surface area (Å²) in [6.45, 7) is 1.74. The first-order valence-electron chi connectivity index (χ1n) is 10.8. The third-order valence-corrected chi connectivity index (χ3v) is 5.81. The van der Waals surface area contributed by atoms with Crippen molar-refractivity contribution in [2.45, 2.75) is 50.7 Å². The van der Waals surface area contributed by atoms with Crippen molar-refractivity contribution in [2.75, 3.05) is 26.7 Å². The summed E-state index contributed by atoms with van der Waals surface area (Å²) in [5.41, 5.74) is -0.168. The normalized spacial score (nSPS) is 20.2. The molecule has 1 aromatic rings. The van der Waals surface area contributed by atoms with Crippen LogP contribution in [0.3, 0.4) is 0 Å². The average molecular weight is 435 g/mol. The Labute approximate surface area is 181 Å². The zero-order chi connectivity index (χ0) is 22.3. The molecule has 1 saturated heterocycles. The predicted octanol–water partition coefficient (Wildman–Crippen LogP) is 3.40. The van der Waals surface area contributed by atoms with Gasteiger partial charge in [-0.2, -0.15) is 13.2 Å². The summed E-state index contributed by atoms with van der Waals surface area (Å²) in [7, 11) is 1.67. The van der Waals surface area contributed by atoms with E-state index in [0.717, 1.165) is 50.8 Å². The maximum absolute atomic E-state index is 12.7. The largest absolute Gasteiger partial charge is 0.416 e. The fraction of sp³-hybridized carbons (Fsp3) is 0.565. The van der Waals surface area contributed by atoms with Gasteiger partial charge in [0.25, 0.3) is 0 Å². The quantitative estimate of drug-likeness (QED) is 0.436. The van der Waals surface area contributed by atoms with Crippen LogP contribution in [0.5, 0.6) is 0 Å². The van der Waals surface area contributed by atoms with Crippen molar-refractivity contribution in [3.63, 3.8) is 0 Å². The maximum atomic E-state index is 12.7. The van der Waals surface area contributed by atoms with Gasteiger partial charge in [0.15, 0.2) is 5.96 Å². The SMILES string of the molecule is CN=C(NCC#Cc1ccc(C(F)(F)F)cc1)NC1CCN(C(=O)C2CCCCC2)C1. The van der Waals surface area contributed by atoms with Crippen molar-refractivity contribution >= 4 is 11.9 Å². The first kappa shape index (κ1) is 23.0. The van der Waals surface area contributed by atoms with Crippen LogP contribution in [-0.4, -0.2) is 49.5 Å². The van der Waals surface area contributed by atoms with Crippen LogP contribution in [0.4, 0.5) is 13.2 Å². The second-order valence-corrected chi connectivity index (χ2v) is 8.05. The standard InChI is InChI=1S/C23H29F3N4O/c1-27-22(28-14-5-6-17-9-11-19(12-10-17)23(24,25)26)29-20-13-15-30(16-20)21(31)18-7-3-2-4-8-18/h9-12,18,20H,2-4,7-8,13-16H2,1H3,(H2,27,28,29). The van der Waals surface area contributed by atoms with Crippen LogP contribution in [0.25, 0.3) is 0 Å². The first-order valence-corrected chi connectivity index (χ1v) is 10.8. The van der Waals surface area contributed by atoms with Gasteiger partial charge < -0.3 is 15.5 Å². The van der Waals surface area contributed by atoms with Gasteiger partial charge in [0, 0.05) is 37.7 Å². The predicted molar refractivity (Wildman–Crippen MR) is 114 cm³/mol. The summed E-state index contributed by atoms with van der Waals surface area (Å²) in [4.78, 5) is 18.9. The van der Waals surface area contributed by atoms with Crippen molar-refractivity contribution in [3.8, 4) is 11.8 Å². The molecule has 31 heavy (non-hydrogen) atoms. The van der Waals surface area contributed by atoms with Crippen molar-refractivity contribution in [1.29, 1.82) is 0 Å². The Bertz CT molecular complexity index is 833. The highest BCUT2D eigenvalue weighted by Gasteiger charge is 2.32. The van der Waals surface area contributed by atoms with Crippen LogP contribution in [0.1, 0.15) is 49.7 Å². The monoisotopic (exact) mass is 434 g/mol. The summed E-state index contributed by atoms with van der Waals surface area (Å²) in [5, 5.41) is 6.42. The van der Waals surface area contributed by atoms with E-state index in [1.807, 2.05) is 4.90 Å². The summed E-state index contributed by atoms with van der Waals surface area (Å²) >= 11 is 0. The molecule has 2 aliphatic rings. The Hall–Kier alpha value is -2.69. The molecule has 0 aromatic heterocycles. The van der Waals surface area contributed by atoms with Crippen LogP contribution in [0.2, 0.25) is 0 Å². The highest BCUT2D eigenvalue weighted by Crippen LogP contribution is 2.29. The number of benzene rings is 1. The molecule has 1 unspecified atom stereocenters. The molecule has 2 fully saturated rings. The molecule has 0 spiro atoms. The number of hydrogen-bond acceptors (Lipinski definition) is 2. The van der Waals surface area contributed by atoms with Gasteiger partial charge in [-0.3, -0.25) is 9.79 Å². The number of likely N-dealkylation sites (tertiary alicyclic amines) is 1. The molecule has 5 nitrogen and oxygen atoms in total. The maximum Gasteiger partial charge on any atom is 0.416 e. The lowest BCUT2D eigenvalue weighted by Gasteiger charge is -2.26. The molecule has 1 saturated carbocycles. The summed E-state index contributed by atoms with van der Waals surface area (Å²) in [6, 6.07) is 4.91. The molecule has 2 N–H and O–H groups in total. The van der Waals surface area contributed by atoms with Gasteiger partial charge in [-0.15, -0.1) is 0 Å². The van der Waals surface area contributed by atoms with E-state index < -0.39 is 11.7 Å². The molecular formula is C23H29F3N4O. The number of rotatable bonds is 3. The second-order valence-electron chi connectivity index (χ2n) is 8.05. The first-order chi connectivity index (χ1) is 14.9. The van der Waals surface area contributed by atoms with Crippen molar-refractivity contribution in [2.24, 2.45) is 10.9 Å². The van der Waals surface area contributed by atoms with Crippen LogP contribution >= 0.6 is 0 Å². The lowest BCUT2D eigenvalue weighted by Crippen LogP contribution is -2.45. The number of carbonyl (C=O) groups is 1. The molecule has 8 heteroatoms. The number of halogens is 3. The fourth-order valence-corrected chi connectivity index (χ4v) is 4.09. The second kappa shape index (κ2) is 10.6. The van der Waals surface area contributed by atoms with Crippen LogP contribution in [0.15, 0.2) is 29.3 Å². The van der Waals surface area contributed by atoms with Crippen LogP contribution < -0.4 is 10.6 Å². The van der Waals surface area contributed by atoms with Crippen LogP contribution in [0, 0.1) is 17.8 Å². The van der Waals surface area contributed by atoms with Crippen molar-refractivity contribution in [1.82, 2.24) is 15.5 Å². The van der Waals surface area contributed by atoms with Gasteiger partial charge in [-0.1, -0.05) is 31.1 Å². The topological polar surface area (TPSA) is 56.7 Å². The van der Waals surface area contributed by atoms with Gasteiger partial charge in [-0.25, -0.2) is 0 Å². The number of carbonyl (C=O) groups excluding carboxylic acids is 1. The zero-order valence-corrected chi connectivity index (χ0v) is 17.8. The van der Waals surface area contributed by atoms with E-state index in [-0.39, 0.29) is 17.9 Å². The number of alkyl halides is 3. The number of nitrogens with zero attached hydrogens (tertiary/aromatic N) is 2. The molecule has 1 aromatic carbocycles. The van der Waals surface area contributed by atoms with Gasteiger partial charge in [0.1, 0.15) is 0 Å². The molecule has 168 valence electrons. The Morgan fingerprint density at radius 2 is 1.87 bits per heavy atom. The van der Waals surface area contributed by atoms with E-state index in [1.165, 1.54) is 18.6 Å². The molecular weight excluding hydrogens is 405 g/mol. The lowest BCUT2D eigenvalue weighted by atomic mass is 9.88. The summed E-state index contributed by atoms with van der Waals surface area (Å²) in [6.07, 6.45) is 2.07. The molecule has 1 aliphatic carbocycles. The van der Waals surface area contributed by atoms with E-state index in [1.54, 1.807) is 7.05 Å². The third-order valence-electron chi connectivity index (χ3n) is 5.81. The van der Waals surface area contributed by atoms with Crippen molar-refractivity contribution < 1.29 is 18.0 Å². The van der Waals surface area contributed by atoms with Crippen LogP contribution in [-0.2, 0) is 11.0 Å². The minimum absolute atomic E-state index is 0.140. The number of hydrogen-bond donors (Lipinski definition) is 2. The molecule has 0 radical (unpaired) electrons. The van der Waals surface area contributed by atoms with E-state index in [2.05, 4.69) is 27.5 Å². The summed E-state index contributed by atoms with van der Waals surface area (Å²) in [5.74, 6) is 6.80. The Balaban J connectivity index is 1.43. The van der Waals surface area contributed by atoms with Gasteiger partial charge in [-0.05, 0) is 43.5 Å². The molecule has 1 heterocycles. The molecule has 0 bridgehead atoms. The number of guanidine groups is 1. The van der Waals surface area contributed by atoms with E-state index >= 15 is 0 Å². The third kappa shape index (κ3) is 6.65. The smallest absolute Gasteiger partial charge is 0.352 e. The van der Waals surface area contributed by atoms with Gasteiger partial charge in [0.2, 0.25) is 5.91 Å². The Kier molecular flexibility index (Phi) is 7.83. The average Bonchev–Trinajstić information content (AvgIpc) is 3.24. The molecule has 1 atom stereocenters. The number of aliphatic imine (C=N–C) groups is 1. The fourth-order valence-electron chi connectivity index (χ4n) is 4.09. The minimum atomic E-state index is -4.34. The lowest BCUT2D eigenvalue weighted by molar-refractivity contribution is -0.137. The molecule has 1 amide bonds. The van der Waals surface area contributed by atoms with E-state index in [0.29, 0.717) is 24.6 Å². The van der Waals surface area contributed by atoms with Gasteiger partial charge >= 0.3 is 6.18 Å². The van der Waals surface area contributed by atoms with Gasteiger partial charge in [0.05, 0.1) is 12.1 Å². The highest BCUT2D eigenvalue weighted by atomic mass is 19.4. The highest BCUT2D eigenvalue weighted by molar-refractivity contribution is 5.81. The molecule has 3 rings (SSSR count).